The first kappa shape index (κ1) is 10.7. The molecule has 0 aliphatic rings. The molecule has 0 radical (unpaired) electrons. The van der Waals surface area contributed by atoms with Gasteiger partial charge in [-0.05, 0) is 0 Å². The van der Waals surface area contributed by atoms with E-state index in [2.05, 4.69) is 0 Å². The average Bonchev–Trinajstić information content (AvgIpc) is 0.592. The Morgan fingerprint density at radius 1 is 0.625 bits per heavy atom. The molecule has 0 bridgehead atoms. The molecule has 52 valence electrons. The fourth-order valence-corrected chi connectivity index (χ4v) is 0. The van der Waals surface area contributed by atoms with Crippen molar-refractivity contribution in [3.63, 3.8) is 0 Å². The van der Waals surface area contributed by atoms with Gasteiger partial charge in [-0.2, -0.15) is 0 Å². The zero-order valence-electron chi connectivity index (χ0n) is 3.21. The van der Waals surface area contributed by atoms with E-state index in [1.165, 1.54) is 0 Å². The summed E-state index contributed by atoms with van der Waals surface area (Å²) in [5.41, 5.74) is 0. The van der Waals surface area contributed by atoms with E-state index in [1.54, 1.807) is 0 Å². The summed E-state index contributed by atoms with van der Waals surface area (Å²) < 4.78 is 52.0. The molecule has 8 heavy (non-hydrogen) atoms. The summed E-state index contributed by atoms with van der Waals surface area (Å²) in [6, 6.07) is 0. The number of hydrogen-bond donors (Lipinski definition) is 0. The molecule has 0 unspecified atom stereocenters. The van der Waals surface area contributed by atoms with Crippen LogP contribution in [0.4, 0.5) is 0 Å². The summed E-state index contributed by atoms with van der Waals surface area (Å²) in [5, 5.41) is 0. The van der Waals surface area contributed by atoms with Crippen LogP contribution in [0.15, 0.2) is 0 Å². The van der Waals surface area contributed by atoms with Gasteiger partial charge >= 0.3 is 33.6 Å². The summed E-state index contributed by atoms with van der Waals surface area (Å²) >= 11 is -9.71. The van der Waals surface area contributed by atoms with Gasteiger partial charge in [-0.15, -0.1) is 12.4 Å². The predicted molar refractivity (Wildman–Crippen MR) is 11.4 cm³/mol. The predicted octanol–water partition coefficient (Wildman–Crippen LogP) is -0.293. The molecule has 0 saturated heterocycles. The Morgan fingerprint density at radius 3 is 0.625 bits per heavy atom. The topological polar surface area (TPSA) is 102 Å². The zero-order valence-corrected chi connectivity index (χ0v) is 6.57. The van der Waals surface area contributed by atoms with E-state index in [0.717, 1.165) is 0 Å². The molecule has 0 aromatic carbocycles. The van der Waals surface area contributed by atoms with Gasteiger partial charge in [0.2, 0.25) is 0 Å². The van der Waals surface area contributed by atoms with Gasteiger partial charge in [0, 0.05) is 0 Å². The SMILES string of the molecule is Cl.[O]=[Os](=[O])(=[O])(=[O])(=[O])=[O]. The summed E-state index contributed by atoms with van der Waals surface area (Å²) in [6.45, 7) is 0. The van der Waals surface area contributed by atoms with Crippen LogP contribution in [0.1, 0.15) is 0 Å². The van der Waals surface area contributed by atoms with E-state index >= 15 is 0 Å². The van der Waals surface area contributed by atoms with Crippen LogP contribution in [0.2, 0.25) is 0 Å². The molecule has 0 aliphatic carbocycles. The molecule has 0 aromatic rings. The molecule has 0 heterocycles. The second-order valence-corrected chi connectivity index (χ2v) is 7.23. The van der Waals surface area contributed by atoms with Gasteiger partial charge in [0.15, 0.2) is 0 Å². The summed E-state index contributed by atoms with van der Waals surface area (Å²) in [4.78, 5) is 0. The first-order valence-electron chi connectivity index (χ1n) is 0.866. The van der Waals surface area contributed by atoms with Crippen LogP contribution in [0.3, 0.4) is 0 Å². The first-order valence-corrected chi connectivity index (χ1v) is 7.09. The Bertz CT molecular complexity index is 436. The minimum absolute atomic E-state index is 0. The first-order chi connectivity index (χ1) is 2.45. The summed E-state index contributed by atoms with van der Waals surface area (Å²) in [6.07, 6.45) is 0. The van der Waals surface area contributed by atoms with Gasteiger partial charge in [-0.3, -0.25) is 0 Å². The van der Waals surface area contributed by atoms with Gasteiger partial charge in [-0.25, -0.2) is 0 Å². The second-order valence-electron chi connectivity index (χ2n) is 0.884. The molecular weight excluding hydrogens is 322 g/mol. The van der Waals surface area contributed by atoms with Crippen LogP contribution in [0.5, 0.6) is 0 Å². The van der Waals surface area contributed by atoms with Crippen LogP contribution in [-0.2, 0) is 33.6 Å². The summed E-state index contributed by atoms with van der Waals surface area (Å²) in [7, 11) is 0. The molecular formula is HClO6Os. The molecule has 0 fully saturated rings. The maximum atomic E-state index is 8.67. The Kier molecular flexibility index (Phi) is 1.36. The Balaban J connectivity index is 0. The third-order valence-electron chi connectivity index (χ3n) is 0. The van der Waals surface area contributed by atoms with Crippen molar-refractivity contribution < 1.29 is 33.6 Å². The van der Waals surface area contributed by atoms with E-state index in [9.17, 15) is 0 Å². The molecule has 0 N–H and O–H groups in total. The van der Waals surface area contributed by atoms with E-state index in [4.69, 9.17) is 21.2 Å². The third-order valence-corrected chi connectivity index (χ3v) is 0. The van der Waals surface area contributed by atoms with E-state index < -0.39 is 12.4 Å². The molecule has 0 aliphatic heterocycles. The van der Waals surface area contributed by atoms with Gasteiger partial charge in [0.05, 0.1) is 0 Å². The number of rotatable bonds is 0. The van der Waals surface area contributed by atoms with Crippen molar-refractivity contribution in [3.05, 3.63) is 0 Å². The van der Waals surface area contributed by atoms with Gasteiger partial charge in [0.1, 0.15) is 0 Å². The Labute approximate surface area is 46.5 Å². The van der Waals surface area contributed by atoms with Crippen molar-refractivity contribution in [2.45, 2.75) is 0 Å². The van der Waals surface area contributed by atoms with Crippen LogP contribution in [-0.4, -0.2) is 0 Å². The minimum atomic E-state index is -9.71. The molecule has 0 spiro atoms. The van der Waals surface area contributed by atoms with Gasteiger partial charge in [0.25, 0.3) is 0 Å². The Morgan fingerprint density at radius 2 is 0.625 bits per heavy atom. The van der Waals surface area contributed by atoms with E-state index in [-0.39, 0.29) is 12.4 Å². The quantitative estimate of drug-likeness (QED) is 0.607. The molecule has 0 saturated carbocycles. The number of hydrogen-bond acceptors (Lipinski definition) is 6. The van der Waals surface area contributed by atoms with Crippen LogP contribution in [0.25, 0.3) is 0 Å². The second kappa shape index (κ2) is 1.02. The van der Waals surface area contributed by atoms with Crippen molar-refractivity contribution in [2.24, 2.45) is 0 Å². The Hall–Kier alpha value is -0.274. The monoisotopic (exact) mass is 324 g/mol. The molecule has 8 heteroatoms. The van der Waals surface area contributed by atoms with Crippen LogP contribution in [0, 0.1) is 0 Å². The zero-order chi connectivity index (χ0) is 6.41. The molecule has 0 rings (SSSR count). The van der Waals surface area contributed by atoms with Crippen molar-refractivity contribution in [1.29, 1.82) is 0 Å². The third kappa shape index (κ3) is 1710. The van der Waals surface area contributed by atoms with Crippen LogP contribution < -0.4 is 0 Å². The fraction of sp³-hybridized carbons (Fsp3) is 0. The summed E-state index contributed by atoms with van der Waals surface area (Å²) in [5.74, 6) is 0. The van der Waals surface area contributed by atoms with Crippen molar-refractivity contribution in [2.75, 3.05) is 0 Å². The number of halogens is 1. The normalized spacial score (nSPS) is 15.0. The standard InChI is InChI=1S/ClH.6O.Os/h1H;;;;;;;. The van der Waals surface area contributed by atoms with Crippen molar-refractivity contribution >= 4 is 12.4 Å². The fourth-order valence-electron chi connectivity index (χ4n) is 0. The van der Waals surface area contributed by atoms with Crippen molar-refractivity contribution in [1.82, 2.24) is 0 Å². The van der Waals surface area contributed by atoms with E-state index in [1.807, 2.05) is 0 Å². The maximum absolute atomic E-state index is 9.71. The molecule has 0 atom stereocenters. The van der Waals surface area contributed by atoms with Crippen molar-refractivity contribution in [3.8, 4) is 0 Å². The molecule has 6 nitrogen and oxygen atoms in total. The average molecular weight is 323 g/mol. The van der Waals surface area contributed by atoms with E-state index in [0.29, 0.717) is 0 Å². The molecule has 0 amide bonds. The van der Waals surface area contributed by atoms with Gasteiger partial charge in [-0.1, -0.05) is 0 Å². The molecule has 0 aromatic heterocycles. The van der Waals surface area contributed by atoms with Gasteiger partial charge < -0.3 is 0 Å². The van der Waals surface area contributed by atoms with Crippen LogP contribution >= 0.6 is 12.4 Å².